The Morgan fingerprint density at radius 2 is 2.07 bits per heavy atom. The summed E-state index contributed by atoms with van der Waals surface area (Å²) in [5.74, 6) is 2.21. The summed E-state index contributed by atoms with van der Waals surface area (Å²) in [6.45, 7) is 3.19. The zero-order chi connectivity index (χ0) is 19.7. The van der Waals surface area contributed by atoms with Crippen LogP contribution < -0.4 is 4.74 Å². The third kappa shape index (κ3) is 3.52. The minimum absolute atomic E-state index is 0.0690. The number of aryl methyl sites for hydroxylation is 2. The number of oxazole rings is 1. The van der Waals surface area contributed by atoms with Crippen molar-refractivity contribution in [2.45, 2.75) is 25.7 Å². The molecule has 0 saturated carbocycles. The minimum Gasteiger partial charge on any atom is -0.497 e. The molecule has 0 aliphatic carbocycles. The van der Waals surface area contributed by atoms with E-state index in [2.05, 4.69) is 22.2 Å². The molecule has 3 aromatic rings. The Kier molecular flexibility index (Phi) is 4.90. The van der Waals surface area contributed by atoms with Gasteiger partial charge in [0.25, 0.3) is 5.91 Å². The highest BCUT2D eigenvalue weighted by molar-refractivity contribution is 5.93. The molecule has 0 atom stereocenters. The predicted molar refractivity (Wildman–Crippen MR) is 104 cm³/mol. The Hall–Kier alpha value is -3.09. The monoisotopic (exact) mass is 380 g/mol. The van der Waals surface area contributed by atoms with Crippen molar-refractivity contribution in [2.75, 3.05) is 20.2 Å². The molecule has 1 saturated heterocycles. The van der Waals surface area contributed by atoms with Crippen LogP contribution in [-0.2, 0) is 7.05 Å². The zero-order valence-electron chi connectivity index (χ0n) is 16.4. The number of likely N-dealkylation sites (tertiary alicyclic amines) is 1. The number of rotatable bonds is 4. The van der Waals surface area contributed by atoms with Crippen LogP contribution in [0.5, 0.6) is 5.75 Å². The molecule has 0 unspecified atom stereocenters. The number of amides is 1. The van der Waals surface area contributed by atoms with Gasteiger partial charge in [-0.2, -0.15) is 5.10 Å². The standard InChI is InChI=1S/C21H24N4O3/c1-14-19(23-20(28-14)17-12-22-24(2)13-17)21(26)25-9-7-15(8-10-25)16-5-4-6-18(11-16)27-3/h4-6,11-13,15H,7-10H2,1-3H3. The first-order valence-electron chi connectivity index (χ1n) is 9.45. The van der Waals surface area contributed by atoms with Crippen molar-refractivity contribution in [3.05, 3.63) is 53.7 Å². The Morgan fingerprint density at radius 1 is 1.29 bits per heavy atom. The fraction of sp³-hybridized carbons (Fsp3) is 0.381. The molecule has 146 valence electrons. The summed E-state index contributed by atoms with van der Waals surface area (Å²) < 4.78 is 12.7. The van der Waals surface area contributed by atoms with Crippen LogP contribution in [0.3, 0.4) is 0 Å². The van der Waals surface area contributed by atoms with Crippen molar-refractivity contribution in [1.82, 2.24) is 19.7 Å². The lowest BCUT2D eigenvalue weighted by molar-refractivity contribution is 0.0706. The lowest BCUT2D eigenvalue weighted by Gasteiger charge is -2.32. The van der Waals surface area contributed by atoms with E-state index in [4.69, 9.17) is 9.15 Å². The van der Waals surface area contributed by atoms with Crippen LogP contribution in [-0.4, -0.2) is 45.8 Å². The van der Waals surface area contributed by atoms with E-state index in [1.54, 1.807) is 24.9 Å². The number of nitrogens with zero attached hydrogens (tertiary/aromatic N) is 4. The lowest BCUT2D eigenvalue weighted by atomic mass is 9.89. The number of methoxy groups -OCH3 is 1. The number of piperidine rings is 1. The van der Waals surface area contributed by atoms with Crippen LogP contribution in [0.1, 0.15) is 40.6 Å². The van der Waals surface area contributed by atoms with Gasteiger partial charge in [0.05, 0.1) is 18.9 Å². The molecule has 28 heavy (non-hydrogen) atoms. The number of ether oxygens (including phenoxy) is 1. The van der Waals surface area contributed by atoms with Crippen molar-refractivity contribution < 1.29 is 13.9 Å². The summed E-state index contributed by atoms with van der Waals surface area (Å²) in [5.41, 5.74) is 2.42. The molecule has 7 nitrogen and oxygen atoms in total. The molecule has 7 heteroatoms. The van der Waals surface area contributed by atoms with Crippen molar-refractivity contribution in [1.29, 1.82) is 0 Å². The lowest BCUT2D eigenvalue weighted by Crippen LogP contribution is -2.38. The van der Waals surface area contributed by atoms with E-state index >= 15 is 0 Å². The second-order valence-corrected chi connectivity index (χ2v) is 7.17. The number of carbonyl (C=O) groups excluding carboxylic acids is 1. The van der Waals surface area contributed by atoms with Crippen molar-refractivity contribution in [3.8, 4) is 17.2 Å². The molecule has 1 aliphatic rings. The summed E-state index contributed by atoms with van der Waals surface area (Å²) in [6.07, 6.45) is 5.34. The zero-order valence-corrected chi connectivity index (χ0v) is 16.4. The highest BCUT2D eigenvalue weighted by atomic mass is 16.5. The Bertz CT molecular complexity index is 983. The number of hydrogen-bond donors (Lipinski definition) is 0. The van der Waals surface area contributed by atoms with Crippen LogP contribution in [0.25, 0.3) is 11.5 Å². The molecule has 2 aromatic heterocycles. The molecule has 1 aliphatic heterocycles. The first kappa shape index (κ1) is 18.3. The highest BCUT2D eigenvalue weighted by Gasteiger charge is 2.28. The minimum atomic E-state index is -0.0690. The van der Waals surface area contributed by atoms with E-state index in [0.717, 1.165) is 24.2 Å². The number of hydrogen-bond acceptors (Lipinski definition) is 5. The first-order chi connectivity index (χ1) is 13.5. The molecule has 0 N–H and O–H groups in total. The molecule has 0 spiro atoms. The highest BCUT2D eigenvalue weighted by Crippen LogP contribution is 2.31. The second kappa shape index (κ2) is 7.50. The van der Waals surface area contributed by atoms with Crippen LogP contribution in [0.4, 0.5) is 0 Å². The van der Waals surface area contributed by atoms with Crippen LogP contribution >= 0.6 is 0 Å². The summed E-state index contributed by atoms with van der Waals surface area (Å²) in [7, 11) is 3.51. The quantitative estimate of drug-likeness (QED) is 0.693. The number of carbonyl (C=O) groups is 1. The topological polar surface area (TPSA) is 73.4 Å². The maximum atomic E-state index is 13.0. The summed E-state index contributed by atoms with van der Waals surface area (Å²) >= 11 is 0. The molecular formula is C21H24N4O3. The van der Waals surface area contributed by atoms with E-state index < -0.39 is 0 Å². The van der Waals surface area contributed by atoms with E-state index in [-0.39, 0.29) is 5.91 Å². The first-order valence-corrected chi connectivity index (χ1v) is 9.45. The van der Waals surface area contributed by atoms with Crippen LogP contribution in [0.2, 0.25) is 0 Å². The molecule has 0 radical (unpaired) electrons. The van der Waals surface area contributed by atoms with Gasteiger partial charge in [-0.15, -0.1) is 0 Å². The maximum absolute atomic E-state index is 13.0. The third-order valence-electron chi connectivity index (χ3n) is 5.30. The van der Waals surface area contributed by atoms with E-state index in [1.165, 1.54) is 5.56 Å². The fourth-order valence-electron chi connectivity index (χ4n) is 3.71. The second-order valence-electron chi connectivity index (χ2n) is 7.17. The predicted octanol–water partition coefficient (Wildman–Crippen LogP) is 3.41. The molecule has 1 fully saturated rings. The van der Waals surface area contributed by atoms with Gasteiger partial charge in [-0.3, -0.25) is 9.48 Å². The van der Waals surface area contributed by atoms with E-state index in [0.29, 0.717) is 36.4 Å². The fourth-order valence-corrected chi connectivity index (χ4v) is 3.71. The van der Waals surface area contributed by atoms with Gasteiger partial charge in [0.1, 0.15) is 11.5 Å². The molecule has 3 heterocycles. The summed E-state index contributed by atoms with van der Waals surface area (Å²) in [5, 5.41) is 4.13. The van der Waals surface area contributed by atoms with E-state index in [1.807, 2.05) is 30.3 Å². The Labute approximate surface area is 163 Å². The molecule has 1 aromatic carbocycles. The summed E-state index contributed by atoms with van der Waals surface area (Å²) in [6, 6.07) is 8.19. The maximum Gasteiger partial charge on any atom is 0.276 e. The van der Waals surface area contributed by atoms with Crippen molar-refractivity contribution in [3.63, 3.8) is 0 Å². The van der Waals surface area contributed by atoms with Gasteiger partial charge >= 0.3 is 0 Å². The van der Waals surface area contributed by atoms with E-state index in [9.17, 15) is 4.79 Å². The van der Waals surface area contributed by atoms with Crippen LogP contribution in [0.15, 0.2) is 41.1 Å². The molecule has 0 bridgehead atoms. The van der Waals surface area contributed by atoms with Gasteiger partial charge in [0, 0.05) is 26.3 Å². The van der Waals surface area contributed by atoms with Crippen molar-refractivity contribution >= 4 is 5.91 Å². The largest absolute Gasteiger partial charge is 0.497 e. The van der Waals surface area contributed by atoms with Crippen LogP contribution in [0, 0.1) is 6.92 Å². The average molecular weight is 380 g/mol. The third-order valence-corrected chi connectivity index (χ3v) is 5.30. The van der Waals surface area contributed by atoms with Gasteiger partial charge < -0.3 is 14.1 Å². The molecule has 4 rings (SSSR count). The van der Waals surface area contributed by atoms with Gasteiger partial charge in [0.15, 0.2) is 5.69 Å². The van der Waals surface area contributed by atoms with Gasteiger partial charge in [-0.1, -0.05) is 12.1 Å². The average Bonchev–Trinajstić information content (AvgIpc) is 3.33. The van der Waals surface area contributed by atoms with Gasteiger partial charge in [0.2, 0.25) is 5.89 Å². The Balaban J connectivity index is 1.45. The summed E-state index contributed by atoms with van der Waals surface area (Å²) in [4.78, 5) is 19.3. The number of benzene rings is 1. The van der Waals surface area contributed by atoms with Gasteiger partial charge in [-0.25, -0.2) is 4.98 Å². The molecule has 1 amide bonds. The number of aromatic nitrogens is 3. The SMILES string of the molecule is COc1cccc(C2CCN(C(=O)c3nc(-c4cnn(C)c4)oc3C)CC2)c1. The normalized spacial score (nSPS) is 15.0. The smallest absolute Gasteiger partial charge is 0.276 e. The van der Waals surface area contributed by atoms with Crippen molar-refractivity contribution in [2.24, 2.45) is 7.05 Å². The molecular weight excluding hydrogens is 356 g/mol. The Morgan fingerprint density at radius 3 is 2.75 bits per heavy atom. The van der Waals surface area contributed by atoms with Gasteiger partial charge in [-0.05, 0) is 43.4 Å².